The van der Waals surface area contributed by atoms with Crippen LogP contribution in [0.15, 0.2) is 45.7 Å². The van der Waals surface area contributed by atoms with Gasteiger partial charge in [-0.25, -0.2) is 4.68 Å². The van der Waals surface area contributed by atoms with Crippen molar-refractivity contribution in [1.82, 2.24) is 15.1 Å². The monoisotopic (exact) mass is 387 g/mol. The van der Waals surface area contributed by atoms with Gasteiger partial charge in [-0.1, -0.05) is 34.1 Å². The summed E-state index contributed by atoms with van der Waals surface area (Å²) in [6, 6.07) is 11.0. The van der Waals surface area contributed by atoms with E-state index in [9.17, 15) is 9.59 Å². The maximum Gasteiger partial charge on any atom is 0.267 e. The van der Waals surface area contributed by atoms with E-state index in [1.807, 2.05) is 38.1 Å². The molecule has 0 spiro atoms. The molecular weight excluding hydrogens is 370 g/mol. The highest BCUT2D eigenvalue weighted by atomic mass is 79.9. The Labute approximate surface area is 148 Å². The molecule has 1 aromatic carbocycles. The molecule has 1 amide bonds. The van der Waals surface area contributed by atoms with Crippen LogP contribution < -0.4 is 10.9 Å². The summed E-state index contributed by atoms with van der Waals surface area (Å²) in [6.45, 7) is 3.84. The lowest BCUT2D eigenvalue weighted by atomic mass is 9.96. The van der Waals surface area contributed by atoms with Crippen molar-refractivity contribution in [3.63, 3.8) is 0 Å². The molecular formula is C18H18BrN3O2. The van der Waals surface area contributed by atoms with Crippen molar-refractivity contribution in [2.75, 3.05) is 0 Å². The molecule has 124 valence electrons. The van der Waals surface area contributed by atoms with Gasteiger partial charge in [0.05, 0.1) is 17.4 Å². The normalized spacial score (nSPS) is 14.9. The quantitative estimate of drug-likeness (QED) is 0.877. The van der Waals surface area contributed by atoms with Crippen LogP contribution in [0.1, 0.15) is 44.0 Å². The van der Waals surface area contributed by atoms with E-state index >= 15 is 0 Å². The minimum Gasteiger partial charge on any atom is -0.325 e. The van der Waals surface area contributed by atoms with Crippen LogP contribution >= 0.6 is 15.9 Å². The van der Waals surface area contributed by atoms with Crippen molar-refractivity contribution in [1.29, 1.82) is 0 Å². The minimum atomic E-state index is -0.128. The molecule has 5 nitrogen and oxygen atoms in total. The zero-order valence-electron chi connectivity index (χ0n) is 13.5. The van der Waals surface area contributed by atoms with Crippen LogP contribution in [0.2, 0.25) is 0 Å². The van der Waals surface area contributed by atoms with Crippen molar-refractivity contribution in [2.24, 2.45) is 0 Å². The van der Waals surface area contributed by atoms with Crippen LogP contribution in [0.4, 0.5) is 0 Å². The third kappa shape index (κ3) is 3.19. The number of carbonyl (C=O) groups is 1. The zero-order chi connectivity index (χ0) is 17.3. The molecule has 0 saturated carbocycles. The lowest BCUT2D eigenvalue weighted by Crippen LogP contribution is -2.29. The van der Waals surface area contributed by atoms with Gasteiger partial charge in [0.25, 0.3) is 5.56 Å². The zero-order valence-corrected chi connectivity index (χ0v) is 15.1. The summed E-state index contributed by atoms with van der Waals surface area (Å²) in [5.74, 6) is -0.0123. The van der Waals surface area contributed by atoms with E-state index in [1.165, 1.54) is 10.7 Å². The smallest absolute Gasteiger partial charge is 0.267 e. The number of benzene rings is 1. The summed E-state index contributed by atoms with van der Waals surface area (Å²) in [4.78, 5) is 23.9. The number of nitrogens with zero attached hydrogens (tertiary/aromatic N) is 2. The van der Waals surface area contributed by atoms with E-state index < -0.39 is 0 Å². The highest BCUT2D eigenvalue weighted by Crippen LogP contribution is 2.33. The highest BCUT2D eigenvalue weighted by molar-refractivity contribution is 9.10. The molecule has 1 N–H and O–H groups in total. The topological polar surface area (TPSA) is 64.0 Å². The van der Waals surface area contributed by atoms with E-state index in [4.69, 9.17) is 0 Å². The average molecular weight is 388 g/mol. The number of nitrogens with one attached hydrogen (secondary N) is 1. The fourth-order valence-corrected chi connectivity index (χ4v) is 3.23. The van der Waals surface area contributed by atoms with Gasteiger partial charge in [0.15, 0.2) is 0 Å². The van der Waals surface area contributed by atoms with E-state index in [2.05, 4.69) is 26.3 Å². The van der Waals surface area contributed by atoms with E-state index in [0.717, 1.165) is 21.3 Å². The summed E-state index contributed by atoms with van der Waals surface area (Å²) >= 11 is 3.54. The second-order valence-corrected chi connectivity index (χ2v) is 6.83. The largest absolute Gasteiger partial charge is 0.325 e. The molecule has 24 heavy (non-hydrogen) atoms. The van der Waals surface area contributed by atoms with Gasteiger partial charge in [-0.3, -0.25) is 9.59 Å². The van der Waals surface area contributed by atoms with Crippen LogP contribution in [-0.4, -0.2) is 15.7 Å². The standard InChI is InChI=1S/C18H18BrN3O2/c1-11(2)22-17(24)10-8-15(21-22)13-7-9-16(23)20-18(13)12-5-3-4-6-14(12)19/h3-6,8,10-11H,7,9H2,1-2H3,(H,20,23). The number of hydrogen-bond donors (Lipinski definition) is 1. The molecule has 1 aliphatic rings. The lowest BCUT2D eigenvalue weighted by molar-refractivity contribution is -0.120. The second-order valence-electron chi connectivity index (χ2n) is 5.98. The molecule has 1 aromatic heterocycles. The first-order valence-electron chi connectivity index (χ1n) is 7.85. The number of hydrogen-bond acceptors (Lipinski definition) is 3. The second kappa shape index (κ2) is 6.73. The maximum atomic E-state index is 12.0. The van der Waals surface area contributed by atoms with Crippen LogP contribution in [0, 0.1) is 0 Å². The molecule has 0 unspecified atom stereocenters. The first kappa shape index (κ1) is 16.6. The summed E-state index contributed by atoms with van der Waals surface area (Å²) in [5, 5.41) is 7.47. The number of carbonyl (C=O) groups excluding carboxylic acids is 1. The predicted octanol–water partition coefficient (Wildman–Crippen LogP) is 3.37. The predicted molar refractivity (Wildman–Crippen MR) is 97.2 cm³/mol. The number of rotatable bonds is 3. The molecule has 0 aliphatic carbocycles. The Bertz CT molecular complexity index is 884. The van der Waals surface area contributed by atoms with Gasteiger partial charge >= 0.3 is 0 Å². The molecule has 6 heteroatoms. The average Bonchev–Trinajstić information content (AvgIpc) is 2.55. The molecule has 2 aromatic rings. The maximum absolute atomic E-state index is 12.0. The first-order chi connectivity index (χ1) is 11.5. The Balaban J connectivity index is 2.20. The minimum absolute atomic E-state index is 0.0123. The SMILES string of the molecule is CC(C)n1nc(C2=C(c3ccccc3Br)NC(=O)CC2)ccc1=O. The molecule has 3 rings (SSSR count). The van der Waals surface area contributed by atoms with Crippen LogP contribution in [0.5, 0.6) is 0 Å². The van der Waals surface area contributed by atoms with Crippen LogP contribution in [0.3, 0.4) is 0 Å². The van der Waals surface area contributed by atoms with Gasteiger partial charge in [-0.05, 0) is 32.4 Å². The fourth-order valence-electron chi connectivity index (χ4n) is 2.75. The lowest BCUT2D eigenvalue weighted by Gasteiger charge is -2.22. The van der Waals surface area contributed by atoms with E-state index in [1.54, 1.807) is 6.07 Å². The van der Waals surface area contributed by atoms with Crippen LogP contribution in [0.25, 0.3) is 11.3 Å². The van der Waals surface area contributed by atoms with E-state index in [-0.39, 0.29) is 17.5 Å². The molecule has 0 bridgehead atoms. The number of halogens is 1. The van der Waals surface area contributed by atoms with Crippen molar-refractivity contribution in [3.05, 3.63) is 62.5 Å². The molecule has 0 saturated heterocycles. The van der Waals surface area contributed by atoms with Gasteiger partial charge < -0.3 is 5.32 Å². The van der Waals surface area contributed by atoms with E-state index in [0.29, 0.717) is 18.5 Å². The summed E-state index contributed by atoms with van der Waals surface area (Å²) in [5.41, 5.74) is 3.19. The molecule has 0 fully saturated rings. The number of amides is 1. The number of allylic oxidation sites excluding steroid dienone is 1. The first-order valence-corrected chi connectivity index (χ1v) is 8.65. The summed E-state index contributed by atoms with van der Waals surface area (Å²) in [7, 11) is 0. The van der Waals surface area contributed by atoms with Gasteiger partial charge in [-0.2, -0.15) is 5.10 Å². The Morgan fingerprint density at radius 1 is 1.12 bits per heavy atom. The molecule has 1 aliphatic heterocycles. The fraction of sp³-hybridized carbons (Fsp3) is 0.278. The highest BCUT2D eigenvalue weighted by Gasteiger charge is 2.23. The Kier molecular flexibility index (Phi) is 4.66. The summed E-state index contributed by atoms with van der Waals surface area (Å²) < 4.78 is 2.37. The van der Waals surface area contributed by atoms with Gasteiger partial charge in [0.1, 0.15) is 0 Å². The molecule has 0 atom stereocenters. The van der Waals surface area contributed by atoms with Crippen molar-refractivity contribution >= 4 is 33.1 Å². The van der Waals surface area contributed by atoms with Crippen molar-refractivity contribution in [3.8, 4) is 0 Å². The van der Waals surface area contributed by atoms with Gasteiger partial charge in [-0.15, -0.1) is 0 Å². The summed E-state index contributed by atoms with van der Waals surface area (Å²) in [6.07, 6.45) is 0.998. The van der Waals surface area contributed by atoms with Crippen molar-refractivity contribution in [2.45, 2.75) is 32.7 Å². The third-order valence-electron chi connectivity index (χ3n) is 3.93. The Morgan fingerprint density at radius 2 is 1.88 bits per heavy atom. The Hall–Kier alpha value is -2.21. The van der Waals surface area contributed by atoms with Gasteiger partial charge in [0, 0.05) is 28.1 Å². The number of aromatic nitrogens is 2. The third-order valence-corrected chi connectivity index (χ3v) is 4.63. The van der Waals surface area contributed by atoms with Crippen molar-refractivity contribution < 1.29 is 4.79 Å². The molecule has 2 heterocycles. The molecule has 0 radical (unpaired) electrons. The Morgan fingerprint density at radius 3 is 2.58 bits per heavy atom. The van der Waals surface area contributed by atoms with Gasteiger partial charge in [0.2, 0.25) is 5.91 Å². The van der Waals surface area contributed by atoms with Crippen LogP contribution in [-0.2, 0) is 4.79 Å².